The number of rotatable bonds is 13. The number of hydrogen-bond donors (Lipinski definition) is 0. The van der Waals surface area contributed by atoms with Crippen molar-refractivity contribution >= 4 is 46.0 Å². The van der Waals surface area contributed by atoms with E-state index in [1.165, 1.54) is 26.5 Å². The molecule has 0 aliphatic heterocycles. The quantitative estimate of drug-likeness (QED) is 0.0787. The third-order valence-electron chi connectivity index (χ3n) is 5.30. The van der Waals surface area contributed by atoms with Crippen LogP contribution in [0.2, 0.25) is 0 Å². The lowest BCUT2D eigenvalue weighted by Gasteiger charge is -2.21. The number of carbonyl (C=O) groups is 1. The highest BCUT2D eigenvalue weighted by molar-refractivity contribution is 8.16. The number of ether oxygens (including phenoxy) is 3. The fourth-order valence-electron chi connectivity index (χ4n) is 3.66. The van der Waals surface area contributed by atoms with Crippen LogP contribution in [0.5, 0.6) is 5.75 Å². The van der Waals surface area contributed by atoms with Gasteiger partial charge >= 0.3 is 11.6 Å². The van der Waals surface area contributed by atoms with Gasteiger partial charge in [0, 0.05) is 11.5 Å². The Bertz CT molecular complexity index is 1240. The zero-order valence-corrected chi connectivity index (χ0v) is 22.7. The Morgan fingerprint density at radius 2 is 1.69 bits per heavy atom. The van der Waals surface area contributed by atoms with Crippen molar-refractivity contribution in [2.75, 3.05) is 25.7 Å². The van der Waals surface area contributed by atoms with Crippen molar-refractivity contribution in [2.45, 2.75) is 37.9 Å². The van der Waals surface area contributed by atoms with Crippen molar-refractivity contribution < 1.29 is 23.4 Å². The van der Waals surface area contributed by atoms with Gasteiger partial charge in [-0.1, -0.05) is 38.1 Å². The average molecular weight is 529 g/mol. The third kappa shape index (κ3) is 6.89. The Morgan fingerprint density at radius 1 is 1.00 bits per heavy atom. The van der Waals surface area contributed by atoms with Crippen molar-refractivity contribution in [1.29, 1.82) is 0 Å². The number of thioether (sulfide) groups is 2. The molecule has 3 aromatic rings. The first-order valence-electron chi connectivity index (χ1n) is 11.9. The molecule has 0 N–H and O–H groups in total. The molecule has 8 heteroatoms. The van der Waals surface area contributed by atoms with Gasteiger partial charge in [0.25, 0.3) is 0 Å². The molecule has 0 saturated heterocycles. The SMILES string of the molecule is CCCSC(SCCC)c1c(OCc2ccccc2/C(=C\OC)C(=O)OC)ccc2ccc(=O)oc12. The van der Waals surface area contributed by atoms with Crippen LogP contribution < -0.4 is 10.4 Å². The second kappa shape index (κ2) is 14.0. The lowest BCUT2D eigenvalue weighted by atomic mass is 10.0. The van der Waals surface area contributed by atoms with E-state index in [2.05, 4.69) is 13.8 Å². The summed E-state index contributed by atoms with van der Waals surface area (Å²) in [5, 5.41) is 0.854. The highest BCUT2D eigenvalue weighted by Gasteiger charge is 2.23. The molecular weight excluding hydrogens is 496 g/mol. The molecule has 0 spiro atoms. The van der Waals surface area contributed by atoms with Gasteiger partial charge in [-0.05, 0) is 53.7 Å². The molecule has 0 saturated carbocycles. The molecule has 0 aliphatic carbocycles. The summed E-state index contributed by atoms with van der Waals surface area (Å²) in [6, 6.07) is 14.5. The maximum absolute atomic E-state index is 12.4. The van der Waals surface area contributed by atoms with Crippen LogP contribution in [0.15, 0.2) is 64.0 Å². The Balaban J connectivity index is 2.05. The molecule has 3 rings (SSSR count). The third-order valence-corrected chi connectivity index (χ3v) is 8.48. The molecule has 2 aromatic carbocycles. The zero-order chi connectivity index (χ0) is 25.9. The lowest BCUT2D eigenvalue weighted by molar-refractivity contribution is -0.133. The molecule has 0 amide bonds. The van der Waals surface area contributed by atoms with Gasteiger partial charge < -0.3 is 18.6 Å². The van der Waals surface area contributed by atoms with E-state index < -0.39 is 11.6 Å². The van der Waals surface area contributed by atoms with E-state index in [1.807, 2.05) is 59.9 Å². The maximum Gasteiger partial charge on any atom is 0.341 e. The van der Waals surface area contributed by atoms with Crippen LogP contribution in [0.4, 0.5) is 0 Å². The minimum Gasteiger partial charge on any atom is -0.503 e. The van der Waals surface area contributed by atoms with Crippen LogP contribution in [-0.4, -0.2) is 31.7 Å². The van der Waals surface area contributed by atoms with Gasteiger partial charge in [0.2, 0.25) is 0 Å². The summed E-state index contributed by atoms with van der Waals surface area (Å²) in [5.41, 5.74) is 2.81. The standard InChI is InChI=1S/C28H32O6S2/c1-5-15-35-28(36-16-6-2)25-23(13-11-19-12-14-24(29)34-26(19)25)33-17-20-9-7-8-10-21(20)22(18-31-3)27(30)32-4/h7-14,18,28H,5-6,15-17H2,1-4H3/b22-18+. The highest BCUT2D eigenvalue weighted by Crippen LogP contribution is 2.47. The molecular formula is C28H32O6S2. The van der Waals surface area contributed by atoms with E-state index in [-0.39, 0.29) is 11.2 Å². The van der Waals surface area contributed by atoms with Gasteiger partial charge in [0.05, 0.1) is 30.6 Å². The number of carbonyl (C=O) groups excluding carboxylic acids is 1. The Kier molecular flexibility index (Phi) is 10.8. The first kappa shape index (κ1) is 27.7. The van der Waals surface area contributed by atoms with Gasteiger partial charge in [-0.15, -0.1) is 23.5 Å². The lowest BCUT2D eigenvalue weighted by Crippen LogP contribution is -2.09. The van der Waals surface area contributed by atoms with Crippen molar-refractivity contribution in [3.63, 3.8) is 0 Å². The second-order valence-electron chi connectivity index (χ2n) is 7.93. The molecule has 1 heterocycles. The Labute approximate surface area is 220 Å². The van der Waals surface area contributed by atoms with Crippen LogP contribution in [-0.2, 0) is 20.9 Å². The van der Waals surface area contributed by atoms with Crippen molar-refractivity contribution in [1.82, 2.24) is 0 Å². The number of benzene rings is 2. The van der Waals surface area contributed by atoms with Gasteiger partial charge in [0.15, 0.2) is 0 Å². The molecule has 0 atom stereocenters. The minimum atomic E-state index is -0.496. The smallest absolute Gasteiger partial charge is 0.341 e. The molecule has 6 nitrogen and oxygen atoms in total. The highest BCUT2D eigenvalue weighted by atomic mass is 32.2. The molecule has 0 fully saturated rings. The van der Waals surface area contributed by atoms with Crippen LogP contribution in [0.1, 0.15) is 48.0 Å². The summed E-state index contributed by atoms with van der Waals surface area (Å²) in [6.45, 7) is 4.50. The van der Waals surface area contributed by atoms with E-state index in [1.54, 1.807) is 6.07 Å². The fourth-order valence-corrected chi connectivity index (χ4v) is 6.30. The van der Waals surface area contributed by atoms with Gasteiger partial charge in [0.1, 0.15) is 23.5 Å². The van der Waals surface area contributed by atoms with E-state index in [0.29, 0.717) is 22.5 Å². The Hall–Kier alpha value is -2.84. The van der Waals surface area contributed by atoms with Crippen molar-refractivity contribution in [3.05, 3.63) is 81.9 Å². The van der Waals surface area contributed by atoms with Gasteiger partial charge in [-0.25, -0.2) is 9.59 Å². The molecule has 192 valence electrons. The monoisotopic (exact) mass is 528 g/mol. The van der Waals surface area contributed by atoms with Crippen LogP contribution in [0.25, 0.3) is 16.5 Å². The fraction of sp³-hybridized carbons (Fsp3) is 0.357. The van der Waals surface area contributed by atoms with E-state index in [4.69, 9.17) is 18.6 Å². The molecule has 0 aliphatic rings. The first-order valence-corrected chi connectivity index (χ1v) is 14.0. The van der Waals surface area contributed by atoms with E-state index in [0.717, 1.165) is 40.9 Å². The van der Waals surface area contributed by atoms with E-state index >= 15 is 0 Å². The van der Waals surface area contributed by atoms with Crippen LogP contribution in [0, 0.1) is 0 Å². The van der Waals surface area contributed by atoms with Crippen LogP contribution >= 0.6 is 23.5 Å². The minimum absolute atomic E-state index is 0.0448. The largest absolute Gasteiger partial charge is 0.503 e. The second-order valence-corrected chi connectivity index (χ2v) is 10.7. The average Bonchev–Trinajstić information content (AvgIpc) is 2.90. The zero-order valence-electron chi connectivity index (χ0n) is 21.1. The summed E-state index contributed by atoms with van der Waals surface area (Å²) < 4.78 is 22.2. The maximum atomic E-state index is 12.4. The topological polar surface area (TPSA) is 75.0 Å². The Morgan fingerprint density at radius 3 is 2.36 bits per heavy atom. The molecule has 0 unspecified atom stereocenters. The number of methoxy groups -OCH3 is 2. The normalized spacial score (nSPS) is 11.6. The van der Waals surface area contributed by atoms with Crippen LogP contribution in [0.3, 0.4) is 0 Å². The summed E-state index contributed by atoms with van der Waals surface area (Å²) in [6.07, 6.45) is 3.45. The number of fused-ring (bicyclic) bond motifs is 1. The van der Waals surface area contributed by atoms with Gasteiger partial charge in [-0.3, -0.25) is 0 Å². The first-order chi connectivity index (χ1) is 17.5. The summed E-state index contributed by atoms with van der Waals surface area (Å²) in [7, 11) is 2.82. The predicted octanol–water partition coefficient (Wildman–Crippen LogP) is 6.82. The molecule has 1 aromatic heterocycles. The van der Waals surface area contributed by atoms with Crippen molar-refractivity contribution in [3.8, 4) is 5.75 Å². The summed E-state index contributed by atoms with van der Waals surface area (Å²) >= 11 is 3.65. The summed E-state index contributed by atoms with van der Waals surface area (Å²) in [4.78, 5) is 24.6. The number of esters is 1. The molecule has 36 heavy (non-hydrogen) atoms. The van der Waals surface area contributed by atoms with Gasteiger partial charge in [-0.2, -0.15) is 0 Å². The number of hydrogen-bond acceptors (Lipinski definition) is 8. The predicted molar refractivity (Wildman–Crippen MR) is 148 cm³/mol. The summed E-state index contributed by atoms with van der Waals surface area (Å²) in [5.74, 6) is 2.10. The molecule has 0 radical (unpaired) electrons. The van der Waals surface area contributed by atoms with Crippen molar-refractivity contribution in [2.24, 2.45) is 0 Å². The van der Waals surface area contributed by atoms with E-state index in [9.17, 15) is 9.59 Å². The molecule has 0 bridgehead atoms.